The third-order valence-electron chi connectivity index (χ3n) is 4.51. The highest BCUT2D eigenvalue weighted by Crippen LogP contribution is 2.30. The van der Waals surface area contributed by atoms with E-state index in [9.17, 15) is 13.2 Å². The number of benzene rings is 3. The molecule has 1 N–H and O–H groups in total. The van der Waals surface area contributed by atoms with E-state index in [4.69, 9.17) is 27.9 Å². The summed E-state index contributed by atoms with van der Waals surface area (Å²) in [6.45, 7) is 1.32. The third-order valence-corrected chi connectivity index (χ3v) is 6.77. The minimum Gasteiger partial charge on any atom is -0.495 e. The van der Waals surface area contributed by atoms with E-state index in [1.165, 1.54) is 37.4 Å². The number of hydrogen-bond acceptors (Lipinski definition) is 4. The van der Waals surface area contributed by atoms with E-state index in [0.29, 0.717) is 32.7 Å². The Labute approximate surface area is 191 Å². The third kappa shape index (κ3) is 5.31. The van der Waals surface area contributed by atoms with Crippen molar-refractivity contribution in [3.05, 3.63) is 82.3 Å². The Balaban J connectivity index is 1.98. The lowest BCUT2D eigenvalue weighted by atomic mass is 10.2. The number of carbonyl (C=O) groups is 1. The second-order valence-corrected chi connectivity index (χ2v) is 9.38. The molecule has 0 unspecified atom stereocenters. The van der Waals surface area contributed by atoms with E-state index < -0.39 is 22.5 Å². The first kappa shape index (κ1) is 22.9. The molecule has 0 saturated heterocycles. The van der Waals surface area contributed by atoms with Crippen LogP contribution in [0.15, 0.2) is 71.6 Å². The molecule has 0 saturated carbocycles. The lowest BCUT2D eigenvalue weighted by Crippen LogP contribution is -2.38. The van der Waals surface area contributed by atoms with Crippen molar-refractivity contribution in [2.45, 2.75) is 11.8 Å². The molecule has 0 spiro atoms. The number of nitrogens with zero attached hydrogens (tertiary/aromatic N) is 1. The van der Waals surface area contributed by atoms with Crippen LogP contribution in [0.4, 0.5) is 11.4 Å². The Hall–Kier alpha value is -2.74. The summed E-state index contributed by atoms with van der Waals surface area (Å²) in [6.07, 6.45) is 0. The Morgan fingerprint density at radius 2 is 1.65 bits per heavy atom. The Kier molecular flexibility index (Phi) is 7.10. The van der Waals surface area contributed by atoms with Gasteiger partial charge in [0.1, 0.15) is 12.3 Å². The van der Waals surface area contributed by atoms with Crippen LogP contribution in [0.2, 0.25) is 10.0 Å². The van der Waals surface area contributed by atoms with Gasteiger partial charge in [-0.1, -0.05) is 41.4 Å². The number of aryl methyl sites for hydroxylation is 1. The number of carbonyl (C=O) groups excluding carboxylic acids is 1. The van der Waals surface area contributed by atoms with Crippen LogP contribution in [-0.2, 0) is 14.8 Å². The number of nitrogens with one attached hydrogen (secondary N) is 1. The predicted molar refractivity (Wildman–Crippen MR) is 124 cm³/mol. The molecule has 3 rings (SSSR count). The average Bonchev–Trinajstić information content (AvgIpc) is 2.73. The van der Waals surface area contributed by atoms with Crippen molar-refractivity contribution in [3.8, 4) is 5.75 Å². The zero-order chi connectivity index (χ0) is 22.6. The zero-order valence-electron chi connectivity index (χ0n) is 16.8. The van der Waals surface area contributed by atoms with Gasteiger partial charge in [0.05, 0.1) is 23.4 Å². The number of methoxy groups -OCH3 is 1. The number of hydrogen-bond donors (Lipinski definition) is 1. The smallest absolute Gasteiger partial charge is 0.264 e. The predicted octanol–water partition coefficient (Wildman–Crippen LogP) is 5.14. The second kappa shape index (κ2) is 9.60. The van der Waals surface area contributed by atoms with E-state index >= 15 is 0 Å². The van der Waals surface area contributed by atoms with Crippen molar-refractivity contribution >= 4 is 50.5 Å². The van der Waals surface area contributed by atoms with Gasteiger partial charge in [-0.25, -0.2) is 8.42 Å². The van der Waals surface area contributed by atoms with Crippen LogP contribution in [0.3, 0.4) is 0 Å². The van der Waals surface area contributed by atoms with Crippen molar-refractivity contribution in [1.29, 1.82) is 0 Å². The number of para-hydroxylation sites is 1. The van der Waals surface area contributed by atoms with Gasteiger partial charge >= 0.3 is 0 Å². The summed E-state index contributed by atoms with van der Waals surface area (Å²) in [5.74, 6) is -0.151. The molecule has 0 bridgehead atoms. The van der Waals surface area contributed by atoms with Crippen LogP contribution in [0, 0.1) is 6.92 Å². The molecule has 0 aliphatic rings. The molecule has 0 radical (unpaired) electrons. The van der Waals surface area contributed by atoms with Gasteiger partial charge in [0.25, 0.3) is 10.0 Å². The summed E-state index contributed by atoms with van der Waals surface area (Å²) in [5.41, 5.74) is 1.44. The molecule has 0 aromatic heterocycles. The molecule has 162 valence electrons. The fourth-order valence-electron chi connectivity index (χ4n) is 2.97. The van der Waals surface area contributed by atoms with Gasteiger partial charge < -0.3 is 10.1 Å². The van der Waals surface area contributed by atoms with Crippen molar-refractivity contribution in [2.75, 3.05) is 23.3 Å². The van der Waals surface area contributed by atoms with Gasteiger partial charge in [-0.3, -0.25) is 9.10 Å². The number of rotatable bonds is 7. The second-order valence-electron chi connectivity index (χ2n) is 6.64. The van der Waals surface area contributed by atoms with Gasteiger partial charge in [-0.15, -0.1) is 0 Å². The highest BCUT2D eigenvalue weighted by atomic mass is 35.5. The lowest BCUT2D eigenvalue weighted by molar-refractivity contribution is -0.114. The molecule has 0 aliphatic heterocycles. The molecule has 6 nitrogen and oxygen atoms in total. The molecule has 0 aliphatic carbocycles. The van der Waals surface area contributed by atoms with Crippen LogP contribution < -0.4 is 14.4 Å². The first-order valence-electron chi connectivity index (χ1n) is 9.19. The minimum atomic E-state index is -4.05. The summed E-state index contributed by atoms with van der Waals surface area (Å²) in [5, 5.41) is 3.49. The van der Waals surface area contributed by atoms with Crippen LogP contribution in [0.5, 0.6) is 5.75 Å². The number of sulfonamides is 1. The average molecular weight is 479 g/mol. The van der Waals surface area contributed by atoms with Gasteiger partial charge in [0.2, 0.25) is 5.91 Å². The van der Waals surface area contributed by atoms with E-state index in [1.807, 2.05) is 0 Å². The fourth-order valence-corrected chi connectivity index (χ4v) is 4.76. The van der Waals surface area contributed by atoms with Gasteiger partial charge in [0.15, 0.2) is 0 Å². The quantitative estimate of drug-likeness (QED) is 0.509. The van der Waals surface area contributed by atoms with E-state index in [-0.39, 0.29) is 4.90 Å². The number of anilines is 2. The summed E-state index contributed by atoms with van der Waals surface area (Å²) >= 11 is 11.9. The van der Waals surface area contributed by atoms with Gasteiger partial charge in [0, 0.05) is 10.0 Å². The van der Waals surface area contributed by atoms with Crippen molar-refractivity contribution in [1.82, 2.24) is 0 Å². The Morgan fingerprint density at radius 1 is 1.00 bits per heavy atom. The normalized spacial score (nSPS) is 11.1. The largest absolute Gasteiger partial charge is 0.495 e. The van der Waals surface area contributed by atoms with E-state index in [2.05, 4.69) is 5.32 Å². The molecule has 0 atom stereocenters. The summed E-state index contributed by atoms with van der Waals surface area (Å²) in [6, 6.07) is 17.5. The molecule has 1 amide bonds. The van der Waals surface area contributed by atoms with Crippen LogP contribution in [0.25, 0.3) is 0 Å². The summed E-state index contributed by atoms with van der Waals surface area (Å²) in [7, 11) is -2.59. The molecule has 3 aromatic carbocycles. The highest BCUT2D eigenvalue weighted by Gasteiger charge is 2.28. The molecule has 31 heavy (non-hydrogen) atoms. The SMILES string of the molecule is COc1ccc(Cl)cc1NC(=O)CN(c1ccccc1C)S(=O)(=O)c1ccc(Cl)cc1. The van der Waals surface area contributed by atoms with Gasteiger partial charge in [-0.05, 0) is 61.0 Å². The highest BCUT2D eigenvalue weighted by molar-refractivity contribution is 7.92. The maximum absolute atomic E-state index is 13.4. The Morgan fingerprint density at radius 3 is 2.29 bits per heavy atom. The molecular formula is C22H20Cl2N2O4S. The molecule has 9 heteroatoms. The van der Waals surface area contributed by atoms with Crippen LogP contribution in [0.1, 0.15) is 5.56 Å². The first-order valence-corrected chi connectivity index (χ1v) is 11.4. The van der Waals surface area contributed by atoms with Crippen LogP contribution >= 0.6 is 23.2 Å². The first-order chi connectivity index (χ1) is 14.7. The van der Waals surface area contributed by atoms with Crippen molar-refractivity contribution in [2.24, 2.45) is 0 Å². The van der Waals surface area contributed by atoms with Crippen LogP contribution in [-0.4, -0.2) is 28.0 Å². The lowest BCUT2D eigenvalue weighted by Gasteiger charge is -2.25. The topological polar surface area (TPSA) is 75.7 Å². The van der Waals surface area contributed by atoms with Crippen molar-refractivity contribution in [3.63, 3.8) is 0 Å². The molecule has 0 heterocycles. The standard InChI is InChI=1S/C22H20Cl2N2O4S/c1-15-5-3-4-6-20(15)26(31(28,29)18-10-7-16(23)8-11-18)14-22(27)25-19-13-17(24)9-12-21(19)30-2/h3-13H,14H2,1-2H3,(H,25,27). The summed E-state index contributed by atoms with van der Waals surface area (Å²) in [4.78, 5) is 12.9. The van der Waals surface area contributed by atoms with Crippen molar-refractivity contribution < 1.29 is 17.9 Å². The minimum absolute atomic E-state index is 0.0216. The monoisotopic (exact) mass is 478 g/mol. The number of ether oxygens (including phenoxy) is 1. The molecular weight excluding hydrogens is 459 g/mol. The molecule has 0 fully saturated rings. The van der Waals surface area contributed by atoms with Gasteiger partial charge in [-0.2, -0.15) is 0 Å². The molecule has 3 aromatic rings. The van der Waals surface area contributed by atoms with E-state index in [1.54, 1.807) is 43.3 Å². The van der Waals surface area contributed by atoms with E-state index in [0.717, 1.165) is 4.31 Å². The maximum Gasteiger partial charge on any atom is 0.264 e. The number of halogens is 2. The maximum atomic E-state index is 13.4. The fraction of sp³-hybridized carbons (Fsp3) is 0.136. The zero-order valence-corrected chi connectivity index (χ0v) is 19.1. The Bertz CT molecular complexity index is 1200. The number of amides is 1. The summed E-state index contributed by atoms with van der Waals surface area (Å²) < 4.78 is 33.1.